The van der Waals surface area contributed by atoms with Gasteiger partial charge in [0.2, 0.25) is 0 Å². The number of hydrogen-bond acceptors (Lipinski definition) is 2. The molecule has 1 heterocycles. The highest BCUT2D eigenvalue weighted by atomic mass is 15.6. The second-order valence-electron chi connectivity index (χ2n) is 4.55. The maximum Gasteiger partial charge on any atom is 0.0379 e. The van der Waals surface area contributed by atoms with Gasteiger partial charge in [-0.1, -0.05) is 26.8 Å². The van der Waals surface area contributed by atoms with Crippen LogP contribution in [-0.2, 0) is 0 Å². The Bertz CT molecular complexity index is 167. The molecule has 0 aromatic heterocycles. The third kappa shape index (κ3) is 2.52. The quantitative estimate of drug-likeness (QED) is 0.623. The van der Waals surface area contributed by atoms with Crippen LogP contribution >= 0.6 is 0 Å². The molecule has 0 aromatic carbocycles. The fourth-order valence-corrected chi connectivity index (χ4v) is 1.50. The van der Waals surface area contributed by atoms with Crippen LogP contribution in [0.4, 0.5) is 0 Å². The number of rotatable bonds is 2. The van der Waals surface area contributed by atoms with Crippen molar-refractivity contribution in [2.24, 2.45) is 5.41 Å². The highest BCUT2D eigenvalue weighted by Gasteiger charge is 2.20. The normalized spacial score (nSPS) is 19.2. The Kier molecular flexibility index (Phi) is 2.78. The fraction of sp³-hybridized carbons (Fsp3) is 0.800. The van der Waals surface area contributed by atoms with Gasteiger partial charge in [0.1, 0.15) is 0 Å². The lowest BCUT2D eigenvalue weighted by molar-refractivity contribution is 0.0249. The van der Waals surface area contributed by atoms with Gasteiger partial charge in [0, 0.05) is 25.8 Å². The summed E-state index contributed by atoms with van der Waals surface area (Å²) in [6.07, 6.45) is 4.39. The molecule has 0 aliphatic carbocycles. The molecule has 1 rings (SSSR count). The zero-order valence-electron chi connectivity index (χ0n) is 8.67. The summed E-state index contributed by atoms with van der Waals surface area (Å²) in [7, 11) is 0. The minimum atomic E-state index is 0.388. The van der Waals surface area contributed by atoms with Gasteiger partial charge in [0.15, 0.2) is 0 Å². The molecule has 1 aliphatic heterocycles. The molecular weight excluding hydrogens is 148 g/mol. The third-order valence-electron chi connectivity index (χ3n) is 1.94. The van der Waals surface area contributed by atoms with E-state index in [1.807, 2.05) is 0 Å². The van der Waals surface area contributed by atoms with Gasteiger partial charge in [-0.2, -0.15) is 0 Å². The van der Waals surface area contributed by atoms with Gasteiger partial charge < -0.3 is 5.01 Å². The van der Waals surface area contributed by atoms with Crippen LogP contribution < -0.4 is 0 Å². The molecule has 0 saturated heterocycles. The van der Waals surface area contributed by atoms with E-state index in [2.05, 4.69) is 50.0 Å². The zero-order chi connectivity index (χ0) is 9.19. The lowest BCUT2D eigenvalue weighted by Gasteiger charge is -2.33. The molecule has 0 saturated carbocycles. The Labute approximate surface area is 75.8 Å². The van der Waals surface area contributed by atoms with Crippen molar-refractivity contribution in [2.75, 3.05) is 19.6 Å². The summed E-state index contributed by atoms with van der Waals surface area (Å²) in [6, 6.07) is 0. The van der Waals surface area contributed by atoms with Crippen molar-refractivity contribution >= 4 is 0 Å². The third-order valence-corrected chi connectivity index (χ3v) is 1.94. The molecule has 0 aromatic rings. The van der Waals surface area contributed by atoms with E-state index >= 15 is 0 Å². The Hall–Kier alpha value is -0.500. The zero-order valence-corrected chi connectivity index (χ0v) is 8.67. The first-order chi connectivity index (χ1) is 5.53. The second kappa shape index (κ2) is 3.48. The molecule has 0 unspecified atom stereocenters. The number of hydrazine groups is 1. The van der Waals surface area contributed by atoms with Crippen LogP contribution in [0.2, 0.25) is 0 Å². The molecule has 2 nitrogen and oxygen atoms in total. The molecule has 0 spiro atoms. The summed E-state index contributed by atoms with van der Waals surface area (Å²) in [4.78, 5) is 0. The van der Waals surface area contributed by atoms with E-state index in [-0.39, 0.29) is 0 Å². The van der Waals surface area contributed by atoms with Crippen molar-refractivity contribution in [3.8, 4) is 0 Å². The Balaban J connectivity index is 2.44. The maximum atomic E-state index is 2.39. The average molecular weight is 168 g/mol. The smallest absolute Gasteiger partial charge is 0.0379 e. The monoisotopic (exact) mass is 168 g/mol. The summed E-state index contributed by atoms with van der Waals surface area (Å²) < 4.78 is 0. The van der Waals surface area contributed by atoms with E-state index in [1.165, 1.54) is 0 Å². The standard InChI is InChI=1S/C10H20N2/c1-5-11-7-6-8-12(11)9-10(2,3)4/h6-7H,5,8-9H2,1-4H3. The predicted molar refractivity (Wildman–Crippen MR) is 52.5 cm³/mol. The Morgan fingerprint density at radius 1 is 1.33 bits per heavy atom. The molecule has 12 heavy (non-hydrogen) atoms. The maximum absolute atomic E-state index is 2.39. The van der Waals surface area contributed by atoms with Gasteiger partial charge in [0.25, 0.3) is 0 Å². The van der Waals surface area contributed by atoms with E-state index in [4.69, 9.17) is 0 Å². The van der Waals surface area contributed by atoms with Crippen LogP contribution in [0.1, 0.15) is 27.7 Å². The van der Waals surface area contributed by atoms with Crippen molar-refractivity contribution in [3.05, 3.63) is 12.3 Å². The van der Waals surface area contributed by atoms with E-state index in [0.717, 1.165) is 19.6 Å². The van der Waals surface area contributed by atoms with Crippen LogP contribution in [0.5, 0.6) is 0 Å². The van der Waals surface area contributed by atoms with Crippen molar-refractivity contribution in [3.63, 3.8) is 0 Å². The molecule has 1 aliphatic rings. The van der Waals surface area contributed by atoms with Crippen LogP contribution in [0.15, 0.2) is 12.3 Å². The molecule has 0 radical (unpaired) electrons. The molecule has 0 N–H and O–H groups in total. The van der Waals surface area contributed by atoms with Crippen molar-refractivity contribution in [2.45, 2.75) is 27.7 Å². The summed E-state index contributed by atoms with van der Waals surface area (Å²) in [5.41, 5.74) is 0.388. The van der Waals surface area contributed by atoms with E-state index in [0.29, 0.717) is 5.41 Å². The van der Waals surface area contributed by atoms with Crippen LogP contribution in [0.25, 0.3) is 0 Å². The second-order valence-corrected chi connectivity index (χ2v) is 4.55. The molecule has 70 valence electrons. The molecule has 2 heteroatoms. The van der Waals surface area contributed by atoms with Crippen LogP contribution in [0, 0.1) is 5.41 Å². The first-order valence-electron chi connectivity index (χ1n) is 4.71. The largest absolute Gasteiger partial charge is 0.313 e. The highest BCUT2D eigenvalue weighted by molar-refractivity contribution is 4.91. The lowest BCUT2D eigenvalue weighted by Crippen LogP contribution is -2.40. The van der Waals surface area contributed by atoms with Crippen molar-refractivity contribution in [1.29, 1.82) is 0 Å². The van der Waals surface area contributed by atoms with Gasteiger partial charge in [-0.05, 0) is 12.3 Å². The van der Waals surface area contributed by atoms with Gasteiger partial charge in [-0.25, -0.2) is 5.01 Å². The van der Waals surface area contributed by atoms with Crippen LogP contribution in [-0.4, -0.2) is 29.7 Å². The summed E-state index contributed by atoms with van der Waals surface area (Å²) >= 11 is 0. The van der Waals surface area contributed by atoms with Crippen molar-refractivity contribution < 1.29 is 0 Å². The van der Waals surface area contributed by atoms with E-state index < -0.39 is 0 Å². The number of nitrogens with zero attached hydrogens (tertiary/aromatic N) is 2. The average Bonchev–Trinajstić information content (AvgIpc) is 2.31. The van der Waals surface area contributed by atoms with E-state index in [9.17, 15) is 0 Å². The molecule has 0 fully saturated rings. The van der Waals surface area contributed by atoms with Crippen LogP contribution in [0.3, 0.4) is 0 Å². The van der Waals surface area contributed by atoms with Gasteiger partial charge >= 0.3 is 0 Å². The molecular formula is C10H20N2. The highest BCUT2D eigenvalue weighted by Crippen LogP contribution is 2.18. The van der Waals surface area contributed by atoms with Gasteiger partial charge in [0.05, 0.1) is 0 Å². The minimum absolute atomic E-state index is 0.388. The summed E-state index contributed by atoms with van der Waals surface area (Å²) in [6.45, 7) is 12.3. The first kappa shape index (κ1) is 9.59. The van der Waals surface area contributed by atoms with Gasteiger partial charge in [-0.3, -0.25) is 0 Å². The first-order valence-corrected chi connectivity index (χ1v) is 4.71. The predicted octanol–water partition coefficient (Wildman–Crippen LogP) is 2.10. The van der Waals surface area contributed by atoms with E-state index in [1.54, 1.807) is 0 Å². The SMILES string of the molecule is CCN1C=CCN1CC(C)(C)C. The fourth-order valence-electron chi connectivity index (χ4n) is 1.50. The Morgan fingerprint density at radius 2 is 2.00 bits per heavy atom. The molecule has 0 amide bonds. The topological polar surface area (TPSA) is 6.48 Å². The molecule has 0 atom stereocenters. The Morgan fingerprint density at radius 3 is 2.50 bits per heavy atom. The minimum Gasteiger partial charge on any atom is -0.313 e. The molecule has 0 bridgehead atoms. The van der Waals surface area contributed by atoms with Gasteiger partial charge in [-0.15, -0.1) is 0 Å². The summed E-state index contributed by atoms with van der Waals surface area (Å²) in [5.74, 6) is 0. The van der Waals surface area contributed by atoms with Crippen molar-refractivity contribution in [1.82, 2.24) is 10.0 Å². The number of hydrogen-bond donors (Lipinski definition) is 0. The summed E-state index contributed by atoms with van der Waals surface area (Å²) in [5, 5.41) is 4.67. The lowest BCUT2D eigenvalue weighted by atomic mass is 9.97.